The number of nitrogens with one attached hydrogen (secondary N) is 2. The fraction of sp³-hybridized carbons (Fsp3) is 0. The fourth-order valence-corrected chi connectivity index (χ4v) is 4.94. The van der Waals surface area contributed by atoms with Crippen LogP contribution in [0.2, 0.25) is 10.0 Å². The molecule has 0 bridgehead atoms. The van der Waals surface area contributed by atoms with Crippen LogP contribution in [0, 0.1) is 12.0 Å². The van der Waals surface area contributed by atoms with Crippen molar-refractivity contribution in [2.75, 3.05) is 4.72 Å². The van der Waals surface area contributed by atoms with Gasteiger partial charge in [-0.2, -0.15) is 5.10 Å². The first-order valence-corrected chi connectivity index (χ1v) is 10.9. The second-order valence-corrected chi connectivity index (χ2v) is 8.90. The number of rotatable bonds is 5. The van der Waals surface area contributed by atoms with Gasteiger partial charge < -0.3 is 5.73 Å². The van der Waals surface area contributed by atoms with Crippen LogP contribution in [0.5, 0.6) is 0 Å². The summed E-state index contributed by atoms with van der Waals surface area (Å²) in [6.45, 7) is 0. The van der Waals surface area contributed by atoms with E-state index in [-0.39, 0.29) is 37.3 Å². The van der Waals surface area contributed by atoms with Crippen molar-refractivity contribution in [2.45, 2.75) is 4.90 Å². The van der Waals surface area contributed by atoms with Crippen molar-refractivity contribution in [1.82, 2.24) is 10.2 Å². The molecule has 0 aliphatic carbocycles. The van der Waals surface area contributed by atoms with Gasteiger partial charge in [0.1, 0.15) is 16.9 Å². The van der Waals surface area contributed by atoms with E-state index in [1.807, 2.05) is 0 Å². The van der Waals surface area contributed by atoms with E-state index in [4.69, 9.17) is 28.9 Å². The lowest BCUT2D eigenvalue weighted by molar-refractivity contribution is 0.100. The molecule has 1 radical (unpaired) electrons. The zero-order valence-corrected chi connectivity index (χ0v) is 17.7. The van der Waals surface area contributed by atoms with Gasteiger partial charge in [0.2, 0.25) is 5.91 Å². The van der Waals surface area contributed by atoms with Crippen LogP contribution >= 0.6 is 23.2 Å². The molecule has 157 valence electrons. The second kappa shape index (κ2) is 7.84. The Balaban J connectivity index is 1.78. The van der Waals surface area contributed by atoms with Crippen molar-refractivity contribution in [2.24, 2.45) is 5.73 Å². The first kappa shape index (κ1) is 21.1. The summed E-state index contributed by atoms with van der Waals surface area (Å²) in [5.41, 5.74) is 6.06. The number of primary amides is 1. The van der Waals surface area contributed by atoms with Gasteiger partial charge in [-0.3, -0.25) is 14.6 Å². The largest absolute Gasteiger partial charge is 0.366 e. The SMILES string of the molecule is NC(=O)c1ccc2[c]n[nH]c2c1-c1ccc(NS(=O)(=O)c2cccc(Cl)c2Cl)cc1F. The van der Waals surface area contributed by atoms with Crippen molar-refractivity contribution in [3.8, 4) is 11.1 Å². The molecule has 0 aliphatic heterocycles. The van der Waals surface area contributed by atoms with Gasteiger partial charge in [0.25, 0.3) is 10.0 Å². The molecule has 0 atom stereocenters. The van der Waals surface area contributed by atoms with Crippen LogP contribution in [0.3, 0.4) is 0 Å². The van der Waals surface area contributed by atoms with E-state index in [9.17, 15) is 13.2 Å². The highest BCUT2D eigenvalue weighted by molar-refractivity contribution is 7.92. The molecule has 4 N–H and O–H groups in total. The van der Waals surface area contributed by atoms with Gasteiger partial charge in [0.15, 0.2) is 0 Å². The summed E-state index contributed by atoms with van der Waals surface area (Å²) in [4.78, 5) is 11.6. The third-order valence-corrected chi connectivity index (χ3v) is 6.87. The molecule has 0 unspecified atom stereocenters. The molecule has 4 rings (SSSR count). The maximum atomic E-state index is 15.1. The zero-order valence-electron chi connectivity index (χ0n) is 15.4. The Hall–Kier alpha value is -3.14. The normalized spacial score (nSPS) is 11.6. The summed E-state index contributed by atoms with van der Waals surface area (Å²) in [6.07, 6.45) is 2.69. The molecule has 0 fully saturated rings. The number of carbonyl (C=O) groups is 1. The van der Waals surface area contributed by atoms with Crippen LogP contribution in [-0.2, 0) is 10.0 Å². The van der Waals surface area contributed by atoms with Gasteiger partial charge in [-0.1, -0.05) is 29.3 Å². The lowest BCUT2D eigenvalue weighted by Crippen LogP contribution is -2.14. The van der Waals surface area contributed by atoms with Crippen LogP contribution in [0.1, 0.15) is 10.4 Å². The first-order valence-electron chi connectivity index (χ1n) is 8.64. The Morgan fingerprint density at radius 2 is 1.94 bits per heavy atom. The quantitative estimate of drug-likeness (QED) is 0.395. The van der Waals surface area contributed by atoms with Crippen molar-refractivity contribution in [3.05, 3.63) is 76.2 Å². The Morgan fingerprint density at radius 1 is 1.16 bits per heavy atom. The number of hydrogen-bond acceptors (Lipinski definition) is 4. The van der Waals surface area contributed by atoms with E-state index in [0.717, 1.165) is 6.07 Å². The number of nitrogens with zero attached hydrogens (tertiary/aromatic N) is 1. The third kappa shape index (κ3) is 3.83. The summed E-state index contributed by atoms with van der Waals surface area (Å²) in [5, 5.41) is 6.91. The molecule has 0 saturated carbocycles. The minimum atomic E-state index is -4.14. The molecule has 7 nitrogen and oxygen atoms in total. The highest BCUT2D eigenvalue weighted by Gasteiger charge is 2.22. The maximum absolute atomic E-state index is 15.1. The molecule has 0 aliphatic rings. The molecular formula is C20H12Cl2FN4O3S. The summed E-state index contributed by atoms with van der Waals surface area (Å²) in [6, 6.07) is 10.8. The number of aromatic nitrogens is 2. The number of carbonyl (C=O) groups excluding carboxylic acids is 1. The van der Waals surface area contributed by atoms with Gasteiger partial charge >= 0.3 is 0 Å². The van der Waals surface area contributed by atoms with E-state index in [1.54, 1.807) is 6.07 Å². The number of aromatic amines is 1. The van der Waals surface area contributed by atoms with Crippen LogP contribution in [0.4, 0.5) is 10.1 Å². The van der Waals surface area contributed by atoms with Gasteiger partial charge in [-0.15, -0.1) is 0 Å². The van der Waals surface area contributed by atoms with E-state index in [2.05, 4.69) is 21.1 Å². The Morgan fingerprint density at radius 3 is 2.65 bits per heavy atom. The molecule has 31 heavy (non-hydrogen) atoms. The van der Waals surface area contributed by atoms with E-state index < -0.39 is 21.7 Å². The summed E-state index contributed by atoms with van der Waals surface area (Å²) in [7, 11) is -4.14. The number of benzene rings is 3. The first-order chi connectivity index (χ1) is 14.7. The Labute approximate surface area is 186 Å². The summed E-state index contributed by atoms with van der Waals surface area (Å²) in [5.74, 6) is -1.55. The Kier molecular flexibility index (Phi) is 5.34. The van der Waals surface area contributed by atoms with E-state index in [0.29, 0.717) is 10.9 Å². The maximum Gasteiger partial charge on any atom is 0.263 e. The second-order valence-electron chi connectivity index (χ2n) is 6.46. The van der Waals surface area contributed by atoms with Crippen molar-refractivity contribution in [1.29, 1.82) is 0 Å². The molecule has 1 amide bonds. The van der Waals surface area contributed by atoms with E-state index >= 15 is 4.39 Å². The van der Waals surface area contributed by atoms with E-state index in [1.165, 1.54) is 36.4 Å². The van der Waals surface area contributed by atoms with Gasteiger partial charge in [0, 0.05) is 22.1 Å². The third-order valence-electron chi connectivity index (χ3n) is 4.51. The molecular weight excluding hydrogens is 466 g/mol. The highest BCUT2D eigenvalue weighted by atomic mass is 35.5. The van der Waals surface area contributed by atoms with Crippen LogP contribution in [-0.4, -0.2) is 24.5 Å². The molecule has 0 saturated heterocycles. The number of H-pyrrole nitrogens is 1. The fourth-order valence-electron chi connectivity index (χ4n) is 3.12. The molecule has 1 heterocycles. The van der Waals surface area contributed by atoms with Crippen LogP contribution in [0.15, 0.2) is 53.4 Å². The van der Waals surface area contributed by atoms with Crippen molar-refractivity contribution >= 4 is 55.7 Å². The lowest BCUT2D eigenvalue weighted by atomic mass is 9.96. The van der Waals surface area contributed by atoms with Gasteiger partial charge in [0.05, 0.1) is 21.2 Å². The minimum absolute atomic E-state index is 0.0285. The molecule has 3 aromatic carbocycles. The number of hydrogen-bond donors (Lipinski definition) is 3. The number of sulfonamides is 1. The van der Waals surface area contributed by atoms with Gasteiger partial charge in [-0.25, -0.2) is 12.8 Å². The molecule has 1 aromatic heterocycles. The minimum Gasteiger partial charge on any atom is -0.366 e. The molecule has 0 spiro atoms. The lowest BCUT2D eigenvalue weighted by Gasteiger charge is -2.13. The number of nitrogens with two attached hydrogens (primary N) is 1. The Bertz CT molecular complexity index is 1450. The number of amides is 1. The zero-order chi connectivity index (χ0) is 22.3. The summed E-state index contributed by atoms with van der Waals surface area (Å²) >= 11 is 11.9. The van der Waals surface area contributed by atoms with Crippen molar-refractivity contribution in [3.63, 3.8) is 0 Å². The highest BCUT2D eigenvalue weighted by Crippen LogP contribution is 2.35. The standard InChI is InChI=1S/C20H12Cl2FN4O3S/c21-14-2-1-3-16(18(14)22)31(29,30)27-11-5-7-12(15(23)8-11)17-13(20(24)28)6-4-10-9-25-26-19(10)17/h1-8,27H,(H2,24,28)(H,25,26). The average molecular weight is 478 g/mol. The number of halogens is 3. The summed E-state index contributed by atoms with van der Waals surface area (Å²) < 4.78 is 42.7. The molecule has 4 aromatic rings. The molecule has 11 heteroatoms. The predicted octanol–water partition coefficient (Wildman–Crippen LogP) is 4.38. The van der Waals surface area contributed by atoms with Crippen LogP contribution in [0.25, 0.3) is 22.0 Å². The average Bonchev–Trinajstić information content (AvgIpc) is 3.18. The predicted molar refractivity (Wildman–Crippen MR) is 116 cm³/mol. The smallest absolute Gasteiger partial charge is 0.263 e. The number of anilines is 1. The van der Waals surface area contributed by atoms with Crippen LogP contribution < -0.4 is 10.5 Å². The monoisotopic (exact) mass is 477 g/mol. The topological polar surface area (TPSA) is 118 Å². The van der Waals surface area contributed by atoms with Gasteiger partial charge in [-0.05, 0) is 42.5 Å². The number of fused-ring (bicyclic) bond motifs is 1. The van der Waals surface area contributed by atoms with Crippen molar-refractivity contribution < 1.29 is 17.6 Å².